The molecule has 0 unspecified atom stereocenters. The van der Waals surface area contributed by atoms with Crippen molar-refractivity contribution in [2.75, 3.05) is 13.1 Å². The number of hydrogen-bond donors (Lipinski definition) is 1. The van der Waals surface area contributed by atoms with Gasteiger partial charge in [0.05, 0.1) is 0 Å². The normalized spacial score (nSPS) is 15.6. The third-order valence-electron chi connectivity index (χ3n) is 2.34. The molecule has 1 aromatic rings. The maximum Gasteiger partial charge on any atom is 0.254 e. The summed E-state index contributed by atoms with van der Waals surface area (Å²) >= 11 is 3.07. The Hall–Kier alpha value is -1.76. The number of carbonyl (C=O) groups is 3. The second-order valence-electron chi connectivity index (χ2n) is 3.79. The number of imide groups is 1. The first-order chi connectivity index (χ1) is 8.45. The zero-order valence-electron chi connectivity index (χ0n) is 9.07. The summed E-state index contributed by atoms with van der Waals surface area (Å²) in [6.45, 7) is -0.419. The van der Waals surface area contributed by atoms with Crippen molar-refractivity contribution in [3.8, 4) is 0 Å². The molecule has 1 heterocycles. The Balaban J connectivity index is 2.25. The first kappa shape index (κ1) is 12.7. The van der Waals surface area contributed by atoms with E-state index in [0.29, 0.717) is 4.47 Å². The average molecular weight is 315 g/mol. The molecule has 2 rings (SSSR count). The highest BCUT2D eigenvalue weighted by molar-refractivity contribution is 9.10. The molecule has 1 fully saturated rings. The van der Waals surface area contributed by atoms with E-state index in [9.17, 15) is 18.8 Å². The molecule has 18 heavy (non-hydrogen) atoms. The molecule has 0 saturated carbocycles. The largest absolute Gasteiger partial charge is 0.320 e. The SMILES string of the molecule is O=C1CN(C(=O)c2cc(F)cc(Br)c2)CC(=O)N1. The number of amides is 3. The van der Waals surface area contributed by atoms with Crippen molar-refractivity contribution in [3.63, 3.8) is 0 Å². The van der Waals surface area contributed by atoms with Gasteiger partial charge in [-0.2, -0.15) is 0 Å². The van der Waals surface area contributed by atoms with E-state index in [1.807, 2.05) is 0 Å². The van der Waals surface area contributed by atoms with Gasteiger partial charge in [0, 0.05) is 10.0 Å². The fraction of sp³-hybridized carbons (Fsp3) is 0.182. The second kappa shape index (κ2) is 4.85. The second-order valence-corrected chi connectivity index (χ2v) is 4.71. The van der Waals surface area contributed by atoms with Crippen molar-refractivity contribution < 1.29 is 18.8 Å². The predicted molar refractivity (Wildman–Crippen MR) is 63.2 cm³/mol. The monoisotopic (exact) mass is 314 g/mol. The van der Waals surface area contributed by atoms with Gasteiger partial charge in [-0.1, -0.05) is 15.9 Å². The maximum absolute atomic E-state index is 13.2. The van der Waals surface area contributed by atoms with Gasteiger partial charge in [0.2, 0.25) is 11.8 Å². The summed E-state index contributed by atoms with van der Waals surface area (Å²) in [6.07, 6.45) is 0. The Morgan fingerprint density at radius 2 is 1.83 bits per heavy atom. The molecule has 1 saturated heterocycles. The molecular formula is C11H8BrFN2O3. The number of benzene rings is 1. The van der Waals surface area contributed by atoms with Crippen molar-refractivity contribution in [3.05, 3.63) is 34.1 Å². The quantitative estimate of drug-likeness (QED) is 0.775. The van der Waals surface area contributed by atoms with Crippen LogP contribution in [0.2, 0.25) is 0 Å². The number of rotatable bonds is 1. The van der Waals surface area contributed by atoms with E-state index in [1.165, 1.54) is 12.1 Å². The molecule has 0 aliphatic carbocycles. The van der Waals surface area contributed by atoms with E-state index in [0.717, 1.165) is 11.0 Å². The number of nitrogens with zero attached hydrogens (tertiary/aromatic N) is 1. The van der Waals surface area contributed by atoms with Crippen LogP contribution in [-0.4, -0.2) is 35.7 Å². The third-order valence-corrected chi connectivity index (χ3v) is 2.80. The lowest BCUT2D eigenvalue weighted by Crippen LogP contribution is -2.53. The highest BCUT2D eigenvalue weighted by Crippen LogP contribution is 2.16. The van der Waals surface area contributed by atoms with Crippen molar-refractivity contribution >= 4 is 33.7 Å². The number of carbonyl (C=O) groups excluding carboxylic acids is 3. The van der Waals surface area contributed by atoms with Crippen LogP contribution in [-0.2, 0) is 9.59 Å². The van der Waals surface area contributed by atoms with Crippen LogP contribution in [0.25, 0.3) is 0 Å². The van der Waals surface area contributed by atoms with E-state index in [1.54, 1.807) is 0 Å². The standard InChI is InChI=1S/C11H8BrFN2O3/c12-7-1-6(2-8(13)3-7)11(18)15-4-9(16)14-10(17)5-15/h1-3H,4-5H2,(H,14,16,17). The lowest BCUT2D eigenvalue weighted by Gasteiger charge is -2.25. The molecule has 1 N–H and O–H groups in total. The van der Waals surface area contributed by atoms with Crippen molar-refractivity contribution in [1.82, 2.24) is 10.2 Å². The highest BCUT2D eigenvalue weighted by atomic mass is 79.9. The molecular weight excluding hydrogens is 307 g/mol. The molecule has 0 radical (unpaired) electrons. The zero-order chi connectivity index (χ0) is 13.3. The van der Waals surface area contributed by atoms with Gasteiger partial charge in [-0.05, 0) is 18.2 Å². The Morgan fingerprint density at radius 1 is 1.22 bits per heavy atom. The molecule has 1 aliphatic heterocycles. The van der Waals surface area contributed by atoms with Crippen LogP contribution in [0, 0.1) is 5.82 Å². The first-order valence-electron chi connectivity index (χ1n) is 5.04. The van der Waals surface area contributed by atoms with E-state index < -0.39 is 23.5 Å². The minimum atomic E-state index is -0.569. The Morgan fingerprint density at radius 3 is 2.39 bits per heavy atom. The van der Waals surface area contributed by atoms with Crippen LogP contribution in [0.1, 0.15) is 10.4 Å². The molecule has 5 nitrogen and oxygen atoms in total. The predicted octanol–water partition coefficient (Wildman–Crippen LogP) is 0.687. The average Bonchev–Trinajstić information content (AvgIpc) is 2.25. The van der Waals surface area contributed by atoms with E-state index in [2.05, 4.69) is 21.2 Å². The lowest BCUT2D eigenvalue weighted by molar-refractivity contribution is -0.135. The lowest BCUT2D eigenvalue weighted by atomic mass is 10.2. The van der Waals surface area contributed by atoms with Gasteiger partial charge in [-0.25, -0.2) is 4.39 Å². The highest BCUT2D eigenvalue weighted by Gasteiger charge is 2.27. The first-order valence-corrected chi connectivity index (χ1v) is 5.83. The Labute approximate surface area is 110 Å². The van der Waals surface area contributed by atoms with E-state index in [4.69, 9.17) is 0 Å². The summed E-state index contributed by atoms with van der Waals surface area (Å²) < 4.78 is 13.6. The van der Waals surface area contributed by atoms with Crippen LogP contribution in [0.4, 0.5) is 4.39 Å². The van der Waals surface area contributed by atoms with Gasteiger partial charge in [-0.3, -0.25) is 19.7 Å². The molecule has 94 valence electrons. The number of nitrogens with one attached hydrogen (secondary N) is 1. The summed E-state index contributed by atoms with van der Waals surface area (Å²) in [5.41, 5.74) is 0.0874. The van der Waals surface area contributed by atoms with Crippen LogP contribution in [0.15, 0.2) is 22.7 Å². The molecule has 0 aromatic heterocycles. The van der Waals surface area contributed by atoms with E-state index >= 15 is 0 Å². The van der Waals surface area contributed by atoms with Crippen molar-refractivity contribution in [2.24, 2.45) is 0 Å². The minimum absolute atomic E-state index is 0.0874. The van der Waals surface area contributed by atoms with Gasteiger partial charge >= 0.3 is 0 Å². The molecule has 0 atom stereocenters. The number of halogens is 2. The van der Waals surface area contributed by atoms with E-state index in [-0.39, 0.29) is 18.7 Å². The summed E-state index contributed by atoms with van der Waals surface area (Å²) in [6, 6.07) is 3.71. The van der Waals surface area contributed by atoms with Crippen LogP contribution < -0.4 is 5.32 Å². The Kier molecular flexibility index (Phi) is 3.42. The van der Waals surface area contributed by atoms with Crippen LogP contribution in [0.5, 0.6) is 0 Å². The molecule has 0 bridgehead atoms. The van der Waals surface area contributed by atoms with Gasteiger partial charge in [0.25, 0.3) is 5.91 Å². The smallest absolute Gasteiger partial charge is 0.254 e. The third kappa shape index (κ3) is 2.73. The van der Waals surface area contributed by atoms with Crippen molar-refractivity contribution in [1.29, 1.82) is 0 Å². The van der Waals surface area contributed by atoms with Crippen LogP contribution >= 0.6 is 15.9 Å². The summed E-state index contributed by atoms with van der Waals surface area (Å²) in [4.78, 5) is 35.4. The zero-order valence-corrected chi connectivity index (χ0v) is 10.7. The Bertz CT molecular complexity index is 511. The van der Waals surface area contributed by atoms with Gasteiger partial charge in [-0.15, -0.1) is 0 Å². The van der Waals surface area contributed by atoms with Gasteiger partial charge in [0.15, 0.2) is 0 Å². The summed E-state index contributed by atoms with van der Waals surface area (Å²) in [5, 5.41) is 2.08. The molecule has 7 heteroatoms. The molecule has 3 amide bonds. The topological polar surface area (TPSA) is 66.5 Å². The van der Waals surface area contributed by atoms with Gasteiger partial charge in [0.1, 0.15) is 18.9 Å². The minimum Gasteiger partial charge on any atom is -0.320 e. The van der Waals surface area contributed by atoms with Crippen LogP contribution in [0.3, 0.4) is 0 Å². The molecule has 0 spiro atoms. The molecule has 1 aromatic carbocycles. The summed E-state index contributed by atoms with van der Waals surface area (Å²) in [7, 11) is 0. The maximum atomic E-state index is 13.2. The number of hydrogen-bond acceptors (Lipinski definition) is 3. The number of piperazine rings is 1. The van der Waals surface area contributed by atoms with Gasteiger partial charge < -0.3 is 4.90 Å². The summed E-state index contributed by atoms with van der Waals surface area (Å²) in [5.74, 6) is -2.22. The fourth-order valence-corrected chi connectivity index (χ4v) is 2.11. The van der Waals surface area contributed by atoms with Crippen molar-refractivity contribution in [2.45, 2.75) is 0 Å². The molecule has 1 aliphatic rings. The fourth-order valence-electron chi connectivity index (χ4n) is 1.64.